The Labute approximate surface area is 108 Å². The topological polar surface area (TPSA) is 49.3 Å². The summed E-state index contributed by atoms with van der Waals surface area (Å²) >= 11 is 0. The molecule has 0 atom stereocenters. The number of aryl methyl sites for hydroxylation is 1. The van der Waals surface area contributed by atoms with Crippen LogP contribution in [0.3, 0.4) is 0 Å². The van der Waals surface area contributed by atoms with Gasteiger partial charge >= 0.3 is 5.97 Å². The highest BCUT2D eigenvalue weighted by Gasteiger charge is 2.51. The van der Waals surface area contributed by atoms with E-state index in [0.717, 1.165) is 11.3 Å². The highest BCUT2D eigenvalue weighted by molar-refractivity contribution is 5.84. The molecule has 2 rings (SSSR count). The fourth-order valence-electron chi connectivity index (χ4n) is 2.61. The maximum Gasteiger partial charge on any atom is 0.329 e. The number of para-hydroxylation sites is 1. The Morgan fingerprint density at radius 3 is 2.50 bits per heavy atom. The first-order valence-electron chi connectivity index (χ1n) is 6.52. The van der Waals surface area contributed by atoms with Crippen molar-refractivity contribution in [2.45, 2.75) is 39.2 Å². The van der Waals surface area contributed by atoms with Crippen LogP contribution in [0.2, 0.25) is 0 Å². The van der Waals surface area contributed by atoms with E-state index in [4.69, 9.17) is 0 Å². The van der Waals surface area contributed by atoms with Crippen LogP contribution in [0.15, 0.2) is 24.3 Å². The lowest BCUT2D eigenvalue weighted by molar-refractivity contribution is -0.148. The van der Waals surface area contributed by atoms with Gasteiger partial charge < -0.3 is 10.4 Å². The molecule has 0 bridgehead atoms. The van der Waals surface area contributed by atoms with Crippen molar-refractivity contribution in [2.24, 2.45) is 11.8 Å². The Kier molecular flexibility index (Phi) is 3.33. The SMILES string of the molecule is Cc1ccccc1NC1(C(=O)O)CC(C(C)C)C1. The van der Waals surface area contributed by atoms with Gasteiger partial charge in [-0.15, -0.1) is 0 Å². The zero-order valence-corrected chi connectivity index (χ0v) is 11.2. The van der Waals surface area contributed by atoms with E-state index in [9.17, 15) is 9.90 Å². The number of carboxylic acids is 1. The number of benzene rings is 1. The summed E-state index contributed by atoms with van der Waals surface area (Å²) in [4.78, 5) is 11.5. The molecular formula is C15H21NO2. The lowest BCUT2D eigenvalue weighted by Crippen LogP contribution is -2.57. The van der Waals surface area contributed by atoms with Crippen LogP contribution in [-0.2, 0) is 4.79 Å². The van der Waals surface area contributed by atoms with E-state index in [1.54, 1.807) is 0 Å². The molecule has 1 aromatic carbocycles. The quantitative estimate of drug-likeness (QED) is 0.858. The number of rotatable bonds is 4. The number of anilines is 1. The van der Waals surface area contributed by atoms with Crippen molar-refractivity contribution in [3.8, 4) is 0 Å². The first kappa shape index (κ1) is 12.9. The van der Waals surface area contributed by atoms with Gasteiger partial charge in [0.05, 0.1) is 0 Å². The molecule has 0 saturated heterocycles. The van der Waals surface area contributed by atoms with Crippen molar-refractivity contribution in [2.75, 3.05) is 5.32 Å². The number of carbonyl (C=O) groups is 1. The van der Waals surface area contributed by atoms with Crippen LogP contribution in [0.5, 0.6) is 0 Å². The highest BCUT2D eigenvalue weighted by Crippen LogP contribution is 2.44. The second-order valence-electron chi connectivity index (χ2n) is 5.74. The Bertz CT molecular complexity index is 448. The van der Waals surface area contributed by atoms with Crippen molar-refractivity contribution in [3.63, 3.8) is 0 Å². The molecule has 18 heavy (non-hydrogen) atoms. The monoisotopic (exact) mass is 247 g/mol. The van der Waals surface area contributed by atoms with E-state index in [1.807, 2.05) is 31.2 Å². The fourth-order valence-corrected chi connectivity index (χ4v) is 2.61. The molecule has 0 amide bonds. The predicted molar refractivity (Wildman–Crippen MR) is 72.7 cm³/mol. The second kappa shape index (κ2) is 4.63. The third-order valence-corrected chi connectivity index (χ3v) is 4.09. The lowest BCUT2D eigenvalue weighted by atomic mass is 9.64. The summed E-state index contributed by atoms with van der Waals surface area (Å²) in [6, 6.07) is 7.84. The smallest absolute Gasteiger partial charge is 0.329 e. The van der Waals surface area contributed by atoms with Crippen LogP contribution < -0.4 is 5.32 Å². The van der Waals surface area contributed by atoms with E-state index in [0.29, 0.717) is 24.7 Å². The molecule has 0 heterocycles. The van der Waals surface area contributed by atoms with Gasteiger partial charge in [0.25, 0.3) is 0 Å². The molecule has 1 aliphatic rings. The highest BCUT2D eigenvalue weighted by atomic mass is 16.4. The number of hydrogen-bond acceptors (Lipinski definition) is 2. The second-order valence-corrected chi connectivity index (χ2v) is 5.74. The summed E-state index contributed by atoms with van der Waals surface area (Å²) in [6.07, 6.45) is 1.43. The van der Waals surface area contributed by atoms with Crippen molar-refractivity contribution in [1.29, 1.82) is 0 Å². The molecule has 0 aromatic heterocycles. The van der Waals surface area contributed by atoms with Crippen LogP contribution in [0.4, 0.5) is 5.69 Å². The first-order chi connectivity index (χ1) is 8.44. The van der Waals surface area contributed by atoms with Gasteiger partial charge in [-0.3, -0.25) is 0 Å². The molecule has 0 aliphatic heterocycles. The van der Waals surface area contributed by atoms with E-state index in [2.05, 4.69) is 19.2 Å². The zero-order chi connectivity index (χ0) is 13.3. The Balaban J connectivity index is 2.15. The van der Waals surface area contributed by atoms with Gasteiger partial charge in [0.2, 0.25) is 0 Å². The van der Waals surface area contributed by atoms with Gasteiger partial charge in [-0.05, 0) is 43.2 Å². The fraction of sp³-hybridized carbons (Fsp3) is 0.533. The van der Waals surface area contributed by atoms with E-state index in [1.165, 1.54) is 0 Å². The minimum atomic E-state index is -0.763. The van der Waals surface area contributed by atoms with E-state index < -0.39 is 11.5 Å². The van der Waals surface area contributed by atoms with Gasteiger partial charge in [0.1, 0.15) is 5.54 Å². The summed E-state index contributed by atoms with van der Waals surface area (Å²) in [6.45, 7) is 6.31. The predicted octanol–water partition coefficient (Wildman–Crippen LogP) is 3.30. The van der Waals surface area contributed by atoms with Crippen molar-refractivity contribution >= 4 is 11.7 Å². The van der Waals surface area contributed by atoms with Crippen LogP contribution >= 0.6 is 0 Å². The van der Waals surface area contributed by atoms with E-state index in [-0.39, 0.29) is 0 Å². The summed E-state index contributed by atoms with van der Waals surface area (Å²) < 4.78 is 0. The van der Waals surface area contributed by atoms with Crippen molar-refractivity contribution < 1.29 is 9.90 Å². The summed E-state index contributed by atoms with van der Waals surface area (Å²) in [5.74, 6) is 0.330. The van der Waals surface area contributed by atoms with Gasteiger partial charge in [0.15, 0.2) is 0 Å². The molecule has 0 radical (unpaired) electrons. The molecule has 0 unspecified atom stereocenters. The first-order valence-corrected chi connectivity index (χ1v) is 6.52. The number of carboxylic acid groups (broad SMARTS) is 1. The maximum absolute atomic E-state index is 11.5. The molecule has 3 nitrogen and oxygen atoms in total. The Hall–Kier alpha value is -1.51. The van der Waals surface area contributed by atoms with Crippen LogP contribution in [0, 0.1) is 18.8 Å². The van der Waals surface area contributed by atoms with Gasteiger partial charge in [-0.2, -0.15) is 0 Å². The molecule has 98 valence electrons. The Morgan fingerprint density at radius 1 is 1.39 bits per heavy atom. The number of aliphatic carboxylic acids is 1. The molecule has 1 saturated carbocycles. The third kappa shape index (κ3) is 2.22. The Morgan fingerprint density at radius 2 is 2.00 bits per heavy atom. The molecule has 0 spiro atoms. The molecule has 1 aromatic rings. The molecule has 2 N–H and O–H groups in total. The third-order valence-electron chi connectivity index (χ3n) is 4.09. The molecule has 1 aliphatic carbocycles. The molecular weight excluding hydrogens is 226 g/mol. The van der Waals surface area contributed by atoms with Gasteiger partial charge in [-0.25, -0.2) is 4.79 Å². The van der Waals surface area contributed by atoms with Crippen LogP contribution in [0.25, 0.3) is 0 Å². The minimum absolute atomic E-state index is 0.512. The minimum Gasteiger partial charge on any atom is -0.480 e. The van der Waals surface area contributed by atoms with Crippen molar-refractivity contribution in [1.82, 2.24) is 0 Å². The van der Waals surface area contributed by atoms with Gasteiger partial charge in [-0.1, -0.05) is 32.0 Å². The normalized spacial score (nSPS) is 26.8. The number of hydrogen-bond donors (Lipinski definition) is 2. The zero-order valence-electron chi connectivity index (χ0n) is 11.2. The standard InChI is InChI=1S/C15H21NO2/c1-10(2)12-8-15(9-12,14(17)18)16-13-7-5-4-6-11(13)3/h4-7,10,12,16H,8-9H2,1-3H3,(H,17,18). The summed E-state index contributed by atoms with van der Waals surface area (Å²) in [7, 11) is 0. The molecule has 3 heteroatoms. The van der Waals surface area contributed by atoms with E-state index >= 15 is 0 Å². The van der Waals surface area contributed by atoms with Crippen LogP contribution in [-0.4, -0.2) is 16.6 Å². The van der Waals surface area contributed by atoms with Crippen LogP contribution in [0.1, 0.15) is 32.3 Å². The number of nitrogens with one attached hydrogen (secondary N) is 1. The van der Waals surface area contributed by atoms with Gasteiger partial charge in [0, 0.05) is 5.69 Å². The lowest BCUT2D eigenvalue weighted by Gasteiger charge is -2.47. The largest absolute Gasteiger partial charge is 0.480 e. The average molecular weight is 247 g/mol. The average Bonchev–Trinajstić information content (AvgIpc) is 2.24. The summed E-state index contributed by atoms with van der Waals surface area (Å²) in [5, 5.41) is 12.7. The molecule has 1 fully saturated rings. The summed E-state index contributed by atoms with van der Waals surface area (Å²) in [5.41, 5.74) is 1.26. The maximum atomic E-state index is 11.5. The van der Waals surface area contributed by atoms with Crippen molar-refractivity contribution in [3.05, 3.63) is 29.8 Å².